The van der Waals surface area contributed by atoms with E-state index in [-0.39, 0.29) is 6.47 Å². The van der Waals surface area contributed by atoms with Crippen molar-refractivity contribution < 1.29 is 47.8 Å². The summed E-state index contributed by atoms with van der Waals surface area (Å²) < 4.78 is 44.5. The van der Waals surface area contributed by atoms with E-state index in [1.54, 1.807) is 6.07 Å². The summed E-state index contributed by atoms with van der Waals surface area (Å²) in [5.41, 5.74) is 7.50. The highest BCUT2D eigenvalue weighted by atomic mass is 35.5. The first kappa shape index (κ1) is 45.2. The third kappa shape index (κ3) is 28.6. The molecule has 1 aromatic carbocycles. The molecule has 1 fully saturated rings. The van der Waals surface area contributed by atoms with Crippen LogP contribution in [-0.2, 0) is 42.7 Å². The Morgan fingerprint density at radius 2 is 1.06 bits per heavy atom. The lowest BCUT2D eigenvalue weighted by molar-refractivity contribution is -0.122. The average molecular weight is 723 g/mol. The summed E-state index contributed by atoms with van der Waals surface area (Å²) in [7, 11) is 0. The van der Waals surface area contributed by atoms with Crippen LogP contribution in [0.25, 0.3) is 0 Å². The van der Waals surface area contributed by atoms with Crippen LogP contribution in [0.1, 0.15) is 26.2 Å². The van der Waals surface area contributed by atoms with Crippen LogP contribution in [0.2, 0.25) is 5.02 Å². The second-order valence-electron chi connectivity index (χ2n) is 11.1. The van der Waals surface area contributed by atoms with Gasteiger partial charge in [0.15, 0.2) is 0 Å². The van der Waals surface area contributed by atoms with Gasteiger partial charge in [-0.05, 0) is 44.0 Å². The van der Waals surface area contributed by atoms with E-state index in [1.165, 1.54) is 26.1 Å². The number of nitrogen functional groups attached to an aromatic ring is 1. The van der Waals surface area contributed by atoms with Crippen molar-refractivity contribution in [2.24, 2.45) is 0 Å². The lowest BCUT2D eigenvalue weighted by atomic mass is 10.2. The minimum atomic E-state index is -0.250. The minimum Gasteiger partial charge on any atom is -0.483 e. The molecule has 2 rings (SSSR count). The number of rotatable bonds is 32. The van der Waals surface area contributed by atoms with E-state index in [1.807, 2.05) is 12.1 Å². The van der Waals surface area contributed by atoms with Crippen molar-refractivity contribution in [2.75, 3.05) is 163 Å². The Balaban J connectivity index is 0.00000385. The molecule has 4 N–H and O–H groups in total. The molecule has 49 heavy (non-hydrogen) atoms. The van der Waals surface area contributed by atoms with Gasteiger partial charge < -0.3 is 59.0 Å². The van der Waals surface area contributed by atoms with Gasteiger partial charge in [-0.1, -0.05) is 18.5 Å². The molecule has 0 bridgehead atoms. The summed E-state index contributed by atoms with van der Waals surface area (Å²) in [6.45, 7) is 18.9. The topological polar surface area (TPSA) is 156 Å². The number of carboxylic acid groups (broad SMARTS) is 1. The quantitative estimate of drug-likeness (QED) is 0.0567. The average Bonchev–Trinajstić information content (AvgIpc) is 3.09. The number of nitrogens with two attached hydrogens (primary N) is 1. The van der Waals surface area contributed by atoms with Crippen LogP contribution >= 0.6 is 11.6 Å². The Hall–Kier alpha value is -1.82. The van der Waals surface area contributed by atoms with Crippen LogP contribution in [0.3, 0.4) is 0 Å². The number of nitrogens with one attached hydrogen (secondary N) is 1. The Labute approximate surface area is 298 Å². The summed E-state index contributed by atoms with van der Waals surface area (Å²) in [5.74, 6) is 0. The fourth-order valence-electron chi connectivity index (χ4n) is 4.63. The molecule has 1 aliphatic heterocycles. The standard InChI is InChI=1S/C33H61ClN4O8.CH2O2/c1-2-8-37-9-11-38(12-10-37)13-15-40-17-19-42-21-23-44-25-27-46-29-28-45-26-24-43-22-20-41-18-16-39-14-4-3-7-36-33-6-5-31(34)30-32(33)35;2-1-3/h5-6,30,36H,2-4,7-29,35H2,1H3;1H,(H,2,3). The molecule has 14 nitrogen and oxygen atoms in total. The number of anilines is 2. The number of halogens is 1. The molecule has 1 heterocycles. The van der Waals surface area contributed by atoms with E-state index >= 15 is 0 Å². The maximum absolute atomic E-state index is 8.36. The zero-order valence-electron chi connectivity index (χ0n) is 29.7. The Morgan fingerprint density at radius 1 is 0.673 bits per heavy atom. The van der Waals surface area contributed by atoms with Crippen molar-refractivity contribution in [1.82, 2.24) is 9.80 Å². The number of benzene rings is 1. The van der Waals surface area contributed by atoms with Gasteiger partial charge in [0.2, 0.25) is 0 Å². The van der Waals surface area contributed by atoms with Gasteiger partial charge in [0.1, 0.15) is 0 Å². The van der Waals surface area contributed by atoms with Gasteiger partial charge in [-0.25, -0.2) is 0 Å². The third-order valence-electron chi connectivity index (χ3n) is 7.21. The van der Waals surface area contributed by atoms with Crippen molar-refractivity contribution in [2.45, 2.75) is 26.2 Å². The van der Waals surface area contributed by atoms with E-state index in [2.05, 4.69) is 22.0 Å². The van der Waals surface area contributed by atoms with Crippen LogP contribution in [0.4, 0.5) is 11.4 Å². The van der Waals surface area contributed by atoms with E-state index in [4.69, 9.17) is 65.1 Å². The van der Waals surface area contributed by atoms with Gasteiger partial charge in [-0.2, -0.15) is 0 Å². The first-order valence-electron chi connectivity index (χ1n) is 17.5. The summed E-state index contributed by atoms with van der Waals surface area (Å²) in [6.07, 6.45) is 3.19. The third-order valence-corrected chi connectivity index (χ3v) is 7.44. The molecule has 0 aliphatic carbocycles. The van der Waals surface area contributed by atoms with E-state index in [0.717, 1.165) is 51.3 Å². The lowest BCUT2D eigenvalue weighted by Crippen LogP contribution is -2.47. The molecule has 0 atom stereocenters. The SMILES string of the molecule is CCCN1CCN(CCOCCOCCOCCOCCOCCOCCOCCOCCCCNc2ccc(Cl)cc2N)CC1.O=CO. The highest BCUT2D eigenvalue weighted by molar-refractivity contribution is 6.31. The summed E-state index contributed by atoms with van der Waals surface area (Å²) in [6, 6.07) is 5.47. The predicted octanol–water partition coefficient (Wildman–Crippen LogP) is 2.98. The fourth-order valence-corrected chi connectivity index (χ4v) is 4.82. The number of hydrogen-bond donors (Lipinski definition) is 3. The summed E-state index contributed by atoms with van der Waals surface area (Å²) in [4.78, 5) is 13.4. The molecule has 1 aromatic rings. The number of piperazine rings is 1. The van der Waals surface area contributed by atoms with Crippen LogP contribution in [-0.4, -0.2) is 173 Å². The van der Waals surface area contributed by atoms with Crippen LogP contribution in [0.15, 0.2) is 18.2 Å². The molecule has 1 saturated heterocycles. The smallest absolute Gasteiger partial charge is 0.290 e. The summed E-state index contributed by atoms with van der Waals surface area (Å²) in [5, 5.41) is 10.8. The number of nitrogens with zero attached hydrogens (tertiary/aromatic N) is 2. The van der Waals surface area contributed by atoms with Crippen LogP contribution in [0.5, 0.6) is 0 Å². The molecular weight excluding hydrogens is 660 g/mol. The van der Waals surface area contributed by atoms with Crippen molar-refractivity contribution in [3.8, 4) is 0 Å². The molecule has 286 valence electrons. The number of hydrogen-bond acceptors (Lipinski definition) is 13. The highest BCUT2D eigenvalue weighted by Gasteiger charge is 2.15. The monoisotopic (exact) mass is 722 g/mol. The predicted molar refractivity (Wildman–Crippen MR) is 192 cm³/mol. The van der Waals surface area contributed by atoms with Gasteiger partial charge in [-0.3, -0.25) is 9.69 Å². The first-order chi connectivity index (χ1) is 24.1. The summed E-state index contributed by atoms with van der Waals surface area (Å²) >= 11 is 5.91. The van der Waals surface area contributed by atoms with Crippen LogP contribution in [0, 0.1) is 0 Å². The number of ether oxygens (including phenoxy) is 8. The molecule has 0 amide bonds. The second-order valence-corrected chi connectivity index (χ2v) is 11.5. The van der Waals surface area contributed by atoms with E-state index < -0.39 is 0 Å². The molecule has 1 aliphatic rings. The second kappa shape index (κ2) is 34.6. The zero-order chi connectivity index (χ0) is 35.5. The highest BCUT2D eigenvalue weighted by Crippen LogP contribution is 2.22. The Bertz CT molecular complexity index is 872. The Kier molecular flexibility index (Phi) is 31.9. The molecule has 0 radical (unpaired) electrons. The van der Waals surface area contributed by atoms with Gasteiger partial charge in [0.05, 0.1) is 110 Å². The van der Waals surface area contributed by atoms with Gasteiger partial charge in [0.25, 0.3) is 6.47 Å². The maximum Gasteiger partial charge on any atom is 0.290 e. The van der Waals surface area contributed by atoms with E-state index in [9.17, 15) is 0 Å². The normalized spacial score (nSPS) is 13.7. The van der Waals surface area contributed by atoms with Gasteiger partial charge in [0, 0.05) is 50.9 Å². The zero-order valence-corrected chi connectivity index (χ0v) is 30.4. The fraction of sp³-hybridized carbons (Fsp3) is 0.794. The molecule has 0 aromatic heterocycles. The van der Waals surface area contributed by atoms with Crippen LogP contribution < -0.4 is 11.1 Å². The van der Waals surface area contributed by atoms with Crippen molar-refractivity contribution in [3.05, 3.63) is 23.2 Å². The van der Waals surface area contributed by atoms with Crippen molar-refractivity contribution >= 4 is 29.4 Å². The Morgan fingerprint density at radius 3 is 1.47 bits per heavy atom. The minimum absolute atomic E-state index is 0.250. The molecule has 15 heteroatoms. The molecule has 0 saturated carbocycles. The first-order valence-corrected chi connectivity index (χ1v) is 17.9. The molecule has 0 spiro atoms. The molecular formula is C34H63ClN4O10. The van der Waals surface area contributed by atoms with Gasteiger partial charge >= 0.3 is 0 Å². The van der Waals surface area contributed by atoms with E-state index in [0.29, 0.717) is 110 Å². The van der Waals surface area contributed by atoms with Crippen molar-refractivity contribution in [3.63, 3.8) is 0 Å². The van der Waals surface area contributed by atoms with Gasteiger partial charge in [-0.15, -0.1) is 0 Å². The number of unbranched alkanes of at least 4 members (excludes halogenated alkanes) is 1. The maximum atomic E-state index is 8.36. The van der Waals surface area contributed by atoms with Crippen molar-refractivity contribution in [1.29, 1.82) is 0 Å². The molecule has 0 unspecified atom stereocenters. The number of carbonyl (C=O) groups is 1. The largest absolute Gasteiger partial charge is 0.483 e. The lowest BCUT2D eigenvalue weighted by Gasteiger charge is -2.34.